The highest BCUT2D eigenvalue weighted by Crippen LogP contribution is 2.56. The zero-order valence-corrected chi connectivity index (χ0v) is 18.2. The van der Waals surface area contributed by atoms with Crippen molar-refractivity contribution in [2.75, 3.05) is 7.11 Å². The zero-order chi connectivity index (χ0) is 22.1. The molecule has 0 spiro atoms. The van der Waals surface area contributed by atoms with Crippen LogP contribution in [0.2, 0.25) is 0 Å². The van der Waals surface area contributed by atoms with Crippen LogP contribution in [0.5, 0.6) is 11.5 Å². The number of hydrogen-bond acceptors (Lipinski definition) is 3. The molecule has 4 aromatic carbocycles. The molecule has 158 valence electrons. The first-order valence-electron chi connectivity index (χ1n) is 10.8. The summed E-state index contributed by atoms with van der Waals surface area (Å²) in [6, 6.07) is 33.4. The van der Waals surface area contributed by atoms with Crippen LogP contribution in [0.3, 0.4) is 0 Å². The van der Waals surface area contributed by atoms with E-state index in [1.54, 1.807) is 14.0 Å². The second kappa shape index (κ2) is 8.01. The number of benzene rings is 4. The summed E-state index contributed by atoms with van der Waals surface area (Å²) in [5.41, 5.74) is 6.76. The number of carbonyl (C=O) groups is 1. The number of carbonyl (C=O) groups excluding carboxylic acids is 1. The number of fused-ring (bicyclic) bond motifs is 3. The molecular weight excluding hydrogens is 396 g/mol. The average Bonchev–Trinajstić information content (AvgIpc) is 3.16. The molecule has 0 N–H and O–H groups in total. The van der Waals surface area contributed by atoms with Crippen LogP contribution < -0.4 is 9.47 Å². The molecular formula is C29H24O3. The molecule has 32 heavy (non-hydrogen) atoms. The van der Waals surface area contributed by atoms with Gasteiger partial charge in [0.25, 0.3) is 0 Å². The first-order chi connectivity index (χ1) is 15.7. The highest BCUT2D eigenvalue weighted by atomic mass is 16.5. The van der Waals surface area contributed by atoms with Crippen molar-refractivity contribution in [2.45, 2.75) is 18.8 Å². The Morgan fingerprint density at radius 3 is 1.62 bits per heavy atom. The molecule has 0 aliphatic heterocycles. The molecule has 1 aliphatic rings. The SMILES string of the molecule is CCC(=O)Oc1ccc(C2(c3ccc(OC)cc3)c3ccccc3-c3ccccc32)cc1. The van der Waals surface area contributed by atoms with Crippen molar-refractivity contribution in [1.82, 2.24) is 0 Å². The number of rotatable bonds is 5. The van der Waals surface area contributed by atoms with E-state index in [-0.39, 0.29) is 5.97 Å². The molecule has 0 atom stereocenters. The molecule has 4 aromatic rings. The first kappa shape index (κ1) is 20.1. The molecule has 0 heterocycles. The van der Waals surface area contributed by atoms with Crippen LogP contribution >= 0.6 is 0 Å². The summed E-state index contributed by atoms with van der Waals surface area (Å²) in [6.07, 6.45) is 0.346. The molecule has 0 unspecified atom stereocenters. The van der Waals surface area contributed by atoms with Crippen LogP contribution in [0.15, 0.2) is 97.1 Å². The van der Waals surface area contributed by atoms with Gasteiger partial charge in [-0.05, 0) is 57.6 Å². The molecule has 0 saturated heterocycles. The Hall–Kier alpha value is -3.85. The van der Waals surface area contributed by atoms with E-state index in [9.17, 15) is 4.79 Å². The van der Waals surface area contributed by atoms with Crippen molar-refractivity contribution in [3.63, 3.8) is 0 Å². The lowest BCUT2D eigenvalue weighted by atomic mass is 9.68. The normalized spacial score (nSPS) is 13.2. The summed E-state index contributed by atoms with van der Waals surface area (Å²) >= 11 is 0. The Bertz CT molecular complexity index is 1230. The molecule has 0 amide bonds. The third kappa shape index (κ3) is 3.01. The average molecular weight is 421 g/mol. The minimum atomic E-state index is -0.479. The number of methoxy groups -OCH3 is 1. The maximum atomic E-state index is 11.8. The Morgan fingerprint density at radius 1 is 0.688 bits per heavy atom. The van der Waals surface area contributed by atoms with Gasteiger partial charge in [0, 0.05) is 6.42 Å². The highest BCUT2D eigenvalue weighted by molar-refractivity contribution is 5.86. The Kier molecular flexibility index (Phi) is 5.02. The van der Waals surface area contributed by atoms with E-state index in [0.29, 0.717) is 12.2 Å². The highest BCUT2D eigenvalue weighted by Gasteiger charge is 2.45. The number of ether oxygens (including phenoxy) is 2. The third-order valence-electron chi connectivity index (χ3n) is 6.28. The van der Waals surface area contributed by atoms with E-state index in [1.807, 2.05) is 24.3 Å². The van der Waals surface area contributed by atoms with Crippen molar-refractivity contribution in [3.05, 3.63) is 119 Å². The van der Waals surface area contributed by atoms with E-state index in [0.717, 1.165) is 16.9 Å². The van der Waals surface area contributed by atoms with Gasteiger partial charge < -0.3 is 9.47 Å². The van der Waals surface area contributed by atoms with Crippen LogP contribution in [0.4, 0.5) is 0 Å². The third-order valence-corrected chi connectivity index (χ3v) is 6.28. The second-order valence-corrected chi connectivity index (χ2v) is 7.92. The van der Waals surface area contributed by atoms with Gasteiger partial charge in [-0.1, -0.05) is 79.7 Å². The molecule has 0 aromatic heterocycles. The van der Waals surface area contributed by atoms with Gasteiger partial charge in [0.2, 0.25) is 0 Å². The van der Waals surface area contributed by atoms with E-state index < -0.39 is 5.41 Å². The van der Waals surface area contributed by atoms with Crippen LogP contribution in [0, 0.1) is 0 Å². The van der Waals surface area contributed by atoms with Gasteiger partial charge in [0.1, 0.15) is 11.5 Å². The molecule has 3 nitrogen and oxygen atoms in total. The summed E-state index contributed by atoms with van der Waals surface area (Å²) < 4.78 is 10.9. The van der Waals surface area contributed by atoms with Gasteiger partial charge in [-0.25, -0.2) is 0 Å². The quantitative estimate of drug-likeness (QED) is 0.245. The minimum absolute atomic E-state index is 0.237. The van der Waals surface area contributed by atoms with Gasteiger partial charge >= 0.3 is 5.97 Å². The predicted molar refractivity (Wildman–Crippen MR) is 126 cm³/mol. The lowest BCUT2D eigenvalue weighted by Crippen LogP contribution is -2.28. The van der Waals surface area contributed by atoms with Crippen molar-refractivity contribution in [2.24, 2.45) is 0 Å². The zero-order valence-electron chi connectivity index (χ0n) is 18.2. The van der Waals surface area contributed by atoms with Crippen molar-refractivity contribution >= 4 is 5.97 Å². The van der Waals surface area contributed by atoms with E-state index in [2.05, 4.69) is 72.8 Å². The van der Waals surface area contributed by atoms with Crippen LogP contribution in [-0.4, -0.2) is 13.1 Å². The van der Waals surface area contributed by atoms with Gasteiger partial charge in [-0.15, -0.1) is 0 Å². The molecule has 3 heteroatoms. The Balaban J connectivity index is 1.77. The fourth-order valence-corrected chi connectivity index (χ4v) is 4.84. The maximum absolute atomic E-state index is 11.8. The van der Waals surface area contributed by atoms with E-state index in [4.69, 9.17) is 9.47 Å². The predicted octanol–water partition coefficient (Wildman–Crippen LogP) is 6.37. The largest absolute Gasteiger partial charge is 0.497 e. The Labute approximate surface area is 188 Å². The van der Waals surface area contributed by atoms with Crippen molar-refractivity contribution in [3.8, 4) is 22.6 Å². The molecule has 5 rings (SSSR count). The van der Waals surface area contributed by atoms with Crippen molar-refractivity contribution < 1.29 is 14.3 Å². The second-order valence-electron chi connectivity index (χ2n) is 7.92. The van der Waals surface area contributed by atoms with Crippen LogP contribution in [0.1, 0.15) is 35.6 Å². The molecule has 1 aliphatic carbocycles. The maximum Gasteiger partial charge on any atom is 0.310 e. The number of esters is 1. The topological polar surface area (TPSA) is 35.5 Å². The lowest BCUT2D eigenvalue weighted by molar-refractivity contribution is -0.134. The monoisotopic (exact) mass is 420 g/mol. The van der Waals surface area contributed by atoms with E-state index in [1.165, 1.54) is 22.3 Å². The number of hydrogen-bond donors (Lipinski definition) is 0. The lowest BCUT2D eigenvalue weighted by Gasteiger charge is -2.34. The van der Waals surface area contributed by atoms with Crippen LogP contribution in [-0.2, 0) is 10.2 Å². The van der Waals surface area contributed by atoms with Crippen molar-refractivity contribution in [1.29, 1.82) is 0 Å². The first-order valence-corrected chi connectivity index (χ1v) is 10.8. The van der Waals surface area contributed by atoms with E-state index >= 15 is 0 Å². The summed E-state index contributed by atoms with van der Waals surface area (Å²) in [5, 5.41) is 0. The molecule has 0 radical (unpaired) electrons. The standard InChI is InChI=1S/C29H24O3/c1-3-28(30)32-23-18-14-21(15-19-23)29(20-12-16-22(31-2)17-13-20)26-10-6-4-8-24(26)25-9-5-7-11-27(25)29/h4-19H,3H2,1-2H3. The summed E-state index contributed by atoms with van der Waals surface area (Å²) in [4.78, 5) is 11.8. The fourth-order valence-electron chi connectivity index (χ4n) is 4.84. The fraction of sp³-hybridized carbons (Fsp3) is 0.138. The van der Waals surface area contributed by atoms with Gasteiger partial charge in [0.15, 0.2) is 0 Å². The Morgan fingerprint density at radius 2 is 1.16 bits per heavy atom. The molecule has 0 saturated carbocycles. The summed E-state index contributed by atoms with van der Waals surface area (Å²) in [5.74, 6) is 1.15. The van der Waals surface area contributed by atoms with Crippen LogP contribution in [0.25, 0.3) is 11.1 Å². The molecule has 0 fully saturated rings. The van der Waals surface area contributed by atoms with Gasteiger partial charge in [-0.3, -0.25) is 4.79 Å². The summed E-state index contributed by atoms with van der Waals surface area (Å²) in [7, 11) is 1.68. The summed E-state index contributed by atoms with van der Waals surface area (Å²) in [6.45, 7) is 1.79. The van der Waals surface area contributed by atoms with Gasteiger partial charge in [0.05, 0.1) is 12.5 Å². The minimum Gasteiger partial charge on any atom is -0.497 e. The molecule has 0 bridgehead atoms. The van der Waals surface area contributed by atoms with Gasteiger partial charge in [-0.2, -0.15) is 0 Å². The smallest absolute Gasteiger partial charge is 0.310 e.